The molecule has 3 heteroatoms. The molecule has 0 radical (unpaired) electrons. The average Bonchev–Trinajstić information content (AvgIpc) is 3.31. The zero-order chi connectivity index (χ0) is 13.8. The number of aromatic nitrogens is 1. The Morgan fingerprint density at radius 1 is 1.10 bits per heavy atom. The zero-order valence-electron chi connectivity index (χ0n) is 11.8. The number of unbranched alkanes of at least 4 members (excludes halogenated alkanes) is 1. The molecule has 106 valence electrons. The van der Waals surface area contributed by atoms with Crippen LogP contribution >= 0.6 is 0 Å². The third kappa shape index (κ3) is 3.35. The lowest BCUT2D eigenvalue weighted by Gasteiger charge is -2.21. The van der Waals surface area contributed by atoms with Crippen molar-refractivity contribution in [2.45, 2.75) is 38.3 Å². The molecule has 1 aromatic carbocycles. The van der Waals surface area contributed by atoms with Gasteiger partial charge >= 0.3 is 0 Å². The van der Waals surface area contributed by atoms with Crippen LogP contribution in [-0.2, 0) is 6.54 Å². The Morgan fingerprint density at radius 2 is 1.95 bits per heavy atom. The molecule has 0 bridgehead atoms. The molecule has 3 rings (SSSR count). The Morgan fingerprint density at radius 3 is 2.75 bits per heavy atom. The Labute approximate surface area is 120 Å². The van der Waals surface area contributed by atoms with Crippen molar-refractivity contribution in [3.05, 3.63) is 42.1 Å². The van der Waals surface area contributed by atoms with E-state index in [1.807, 2.05) is 6.07 Å². The first kappa shape index (κ1) is 13.5. The predicted octanol–water partition coefficient (Wildman–Crippen LogP) is 2.97. The van der Waals surface area contributed by atoms with E-state index >= 15 is 0 Å². The maximum absolute atomic E-state index is 8.91. The lowest BCUT2D eigenvalue weighted by Crippen LogP contribution is -2.27. The van der Waals surface area contributed by atoms with Gasteiger partial charge in [0.1, 0.15) is 0 Å². The summed E-state index contributed by atoms with van der Waals surface area (Å²) in [5.74, 6) is 0. The normalized spacial score (nSPS) is 15.1. The minimum atomic E-state index is 0.298. The van der Waals surface area contributed by atoms with Crippen molar-refractivity contribution in [1.29, 1.82) is 0 Å². The summed E-state index contributed by atoms with van der Waals surface area (Å²) in [5.41, 5.74) is 2.23. The second kappa shape index (κ2) is 6.33. The summed E-state index contributed by atoms with van der Waals surface area (Å²) < 4.78 is 0. The molecular formula is C17H22N2O. The van der Waals surface area contributed by atoms with Crippen LogP contribution in [0.15, 0.2) is 36.4 Å². The fraction of sp³-hybridized carbons (Fsp3) is 0.471. The summed E-state index contributed by atoms with van der Waals surface area (Å²) in [4.78, 5) is 7.28. The number of hydrogen-bond donors (Lipinski definition) is 1. The van der Waals surface area contributed by atoms with E-state index < -0.39 is 0 Å². The van der Waals surface area contributed by atoms with Crippen molar-refractivity contribution >= 4 is 10.9 Å². The molecule has 1 heterocycles. The molecule has 2 aromatic rings. The third-order valence-electron chi connectivity index (χ3n) is 3.94. The van der Waals surface area contributed by atoms with Gasteiger partial charge in [0, 0.05) is 24.6 Å². The van der Waals surface area contributed by atoms with Crippen LogP contribution in [0.2, 0.25) is 0 Å². The highest BCUT2D eigenvalue weighted by Gasteiger charge is 2.28. The van der Waals surface area contributed by atoms with Gasteiger partial charge in [-0.3, -0.25) is 9.88 Å². The molecule has 0 atom stereocenters. The standard InChI is InChI=1S/C17H22N2O/c20-12-4-3-11-19(16-9-10-16)13-15-8-7-14-5-1-2-6-17(14)18-15/h1-2,5-8,16,20H,3-4,9-13H2. The molecule has 1 saturated carbocycles. The topological polar surface area (TPSA) is 36.4 Å². The van der Waals surface area contributed by atoms with E-state index in [0.29, 0.717) is 6.61 Å². The van der Waals surface area contributed by atoms with Crippen molar-refractivity contribution in [3.63, 3.8) is 0 Å². The second-order valence-corrected chi connectivity index (χ2v) is 5.63. The Hall–Kier alpha value is -1.45. The van der Waals surface area contributed by atoms with E-state index in [1.165, 1.54) is 18.2 Å². The largest absolute Gasteiger partial charge is 0.396 e. The molecular weight excluding hydrogens is 248 g/mol. The van der Waals surface area contributed by atoms with E-state index in [0.717, 1.165) is 43.2 Å². The summed E-state index contributed by atoms with van der Waals surface area (Å²) in [6, 6.07) is 13.3. The number of nitrogens with zero attached hydrogens (tertiary/aromatic N) is 2. The quantitative estimate of drug-likeness (QED) is 0.786. The lowest BCUT2D eigenvalue weighted by atomic mass is 10.2. The number of para-hydroxylation sites is 1. The molecule has 1 aliphatic rings. The van der Waals surface area contributed by atoms with Gasteiger partial charge in [-0.2, -0.15) is 0 Å². The van der Waals surface area contributed by atoms with Gasteiger partial charge in [0.05, 0.1) is 11.2 Å². The van der Waals surface area contributed by atoms with Gasteiger partial charge in [0.15, 0.2) is 0 Å². The SMILES string of the molecule is OCCCCN(Cc1ccc2ccccc2n1)C1CC1. The number of benzene rings is 1. The Bertz CT molecular complexity index is 566. The van der Waals surface area contributed by atoms with Crippen LogP contribution in [0.25, 0.3) is 10.9 Å². The Balaban J connectivity index is 1.69. The van der Waals surface area contributed by atoms with Crippen LogP contribution in [-0.4, -0.2) is 34.2 Å². The van der Waals surface area contributed by atoms with Gasteiger partial charge in [-0.15, -0.1) is 0 Å². The fourth-order valence-corrected chi connectivity index (χ4v) is 2.66. The van der Waals surface area contributed by atoms with Gasteiger partial charge in [0.2, 0.25) is 0 Å². The minimum Gasteiger partial charge on any atom is -0.396 e. The first-order chi connectivity index (χ1) is 9.86. The molecule has 0 spiro atoms. The van der Waals surface area contributed by atoms with Crippen LogP contribution in [0.5, 0.6) is 0 Å². The highest BCUT2D eigenvalue weighted by Crippen LogP contribution is 2.28. The molecule has 0 unspecified atom stereocenters. The zero-order valence-corrected chi connectivity index (χ0v) is 11.8. The van der Waals surface area contributed by atoms with E-state index in [9.17, 15) is 0 Å². The number of aliphatic hydroxyl groups is 1. The van der Waals surface area contributed by atoms with Crippen LogP contribution in [0.1, 0.15) is 31.4 Å². The molecule has 0 aliphatic heterocycles. The average molecular weight is 270 g/mol. The smallest absolute Gasteiger partial charge is 0.0705 e. The van der Waals surface area contributed by atoms with Crippen LogP contribution < -0.4 is 0 Å². The Kier molecular flexibility index (Phi) is 4.28. The van der Waals surface area contributed by atoms with E-state index in [-0.39, 0.29) is 0 Å². The lowest BCUT2D eigenvalue weighted by molar-refractivity contribution is 0.227. The van der Waals surface area contributed by atoms with Gasteiger partial charge in [-0.05, 0) is 44.4 Å². The van der Waals surface area contributed by atoms with Crippen molar-refractivity contribution in [2.75, 3.05) is 13.2 Å². The fourth-order valence-electron chi connectivity index (χ4n) is 2.66. The highest BCUT2D eigenvalue weighted by atomic mass is 16.2. The third-order valence-corrected chi connectivity index (χ3v) is 3.94. The minimum absolute atomic E-state index is 0.298. The predicted molar refractivity (Wildman–Crippen MR) is 81.5 cm³/mol. The van der Waals surface area contributed by atoms with Crippen molar-refractivity contribution in [2.24, 2.45) is 0 Å². The van der Waals surface area contributed by atoms with E-state index in [1.54, 1.807) is 0 Å². The summed E-state index contributed by atoms with van der Waals surface area (Å²) >= 11 is 0. The van der Waals surface area contributed by atoms with Crippen molar-refractivity contribution < 1.29 is 5.11 Å². The van der Waals surface area contributed by atoms with Gasteiger partial charge in [-0.25, -0.2) is 0 Å². The molecule has 1 aromatic heterocycles. The molecule has 3 nitrogen and oxygen atoms in total. The van der Waals surface area contributed by atoms with Gasteiger partial charge in [0.25, 0.3) is 0 Å². The molecule has 1 fully saturated rings. The number of aliphatic hydroxyl groups excluding tert-OH is 1. The first-order valence-electron chi connectivity index (χ1n) is 7.56. The van der Waals surface area contributed by atoms with E-state index in [2.05, 4.69) is 35.2 Å². The highest BCUT2D eigenvalue weighted by molar-refractivity contribution is 5.78. The monoisotopic (exact) mass is 270 g/mol. The van der Waals surface area contributed by atoms with Crippen molar-refractivity contribution in [1.82, 2.24) is 9.88 Å². The summed E-state index contributed by atoms with van der Waals surface area (Å²) in [6.07, 6.45) is 4.59. The number of fused-ring (bicyclic) bond motifs is 1. The van der Waals surface area contributed by atoms with Gasteiger partial charge < -0.3 is 5.11 Å². The first-order valence-corrected chi connectivity index (χ1v) is 7.56. The second-order valence-electron chi connectivity index (χ2n) is 5.63. The molecule has 1 aliphatic carbocycles. The van der Waals surface area contributed by atoms with E-state index in [4.69, 9.17) is 10.1 Å². The number of pyridine rings is 1. The molecule has 1 N–H and O–H groups in total. The van der Waals surface area contributed by atoms with Crippen LogP contribution in [0.4, 0.5) is 0 Å². The number of hydrogen-bond acceptors (Lipinski definition) is 3. The summed E-state index contributed by atoms with van der Waals surface area (Å²) in [6.45, 7) is 2.30. The number of rotatable bonds is 7. The van der Waals surface area contributed by atoms with Crippen LogP contribution in [0, 0.1) is 0 Å². The molecule has 0 amide bonds. The molecule has 0 saturated heterocycles. The summed E-state index contributed by atoms with van der Waals surface area (Å²) in [5, 5.41) is 10.1. The van der Waals surface area contributed by atoms with Gasteiger partial charge in [-0.1, -0.05) is 24.3 Å². The molecule has 20 heavy (non-hydrogen) atoms. The maximum Gasteiger partial charge on any atom is 0.0705 e. The summed E-state index contributed by atoms with van der Waals surface area (Å²) in [7, 11) is 0. The maximum atomic E-state index is 8.91. The van der Waals surface area contributed by atoms with Crippen molar-refractivity contribution in [3.8, 4) is 0 Å². The van der Waals surface area contributed by atoms with Crippen LogP contribution in [0.3, 0.4) is 0 Å².